The average Bonchev–Trinajstić information content (AvgIpc) is 3.53. The lowest BCUT2D eigenvalue weighted by molar-refractivity contribution is 0.0687. The van der Waals surface area contributed by atoms with Crippen LogP contribution in [0.15, 0.2) is 42.5 Å². The Morgan fingerprint density at radius 2 is 1.77 bits per heavy atom. The number of hydrogen-bond acceptors (Lipinski definition) is 9. The van der Waals surface area contributed by atoms with E-state index in [0.717, 1.165) is 34.7 Å². The molecule has 2 N–H and O–H groups in total. The number of hydrogen-bond donors (Lipinski definition) is 2. The standard InChI is InChI=1S/C28H27N3O7S/c1-5-10-38-26-22(36-3)13-20-24(27(26)37-4)23(17-8-7-16(35-2)12-21(17)32)25(28(33)34)31(20)14-15-6-9-18-19(11-15)30-39-29-18/h6-9,11-13,32H,5,10,14H2,1-4H3,(H,33,34). The molecule has 2 aromatic heterocycles. The van der Waals surface area contributed by atoms with Gasteiger partial charge in [0.15, 0.2) is 11.5 Å². The average molecular weight is 550 g/mol. The van der Waals surface area contributed by atoms with Gasteiger partial charge in [-0.25, -0.2) is 4.79 Å². The Hall–Kier alpha value is -4.51. The minimum Gasteiger partial charge on any atom is -0.507 e. The number of carboxylic acid groups (broad SMARTS) is 1. The Morgan fingerprint density at radius 3 is 2.44 bits per heavy atom. The summed E-state index contributed by atoms with van der Waals surface area (Å²) in [4.78, 5) is 12.9. The van der Waals surface area contributed by atoms with Crippen molar-refractivity contribution in [3.8, 4) is 39.9 Å². The number of rotatable bonds is 10. The number of benzene rings is 3. The van der Waals surface area contributed by atoms with Gasteiger partial charge in [0.25, 0.3) is 0 Å². The number of carboxylic acids is 1. The van der Waals surface area contributed by atoms with Crippen LogP contribution in [-0.4, -0.2) is 57.4 Å². The lowest BCUT2D eigenvalue weighted by Crippen LogP contribution is -2.10. The molecule has 0 radical (unpaired) electrons. The van der Waals surface area contributed by atoms with E-state index < -0.39 is 5.97 Å². The van der Waals surface area contributed by atoms with Crippen molar-refractivity contribution in [1.29, 1.82) is 0 Å². The lowest BCUT2D eigenvalue weighted by atomic mass is 9.99. The molecule has 0 atom stereocenters. The summed E-state index contributed by atoms with van der Waals surface area (Å²) < 4.78 is 33.0. The highest BCUT2D eigenvalue weighted by Gasteiger charge is 2.31. The molecule has 0 saturated carbocycles. The number of phenolic OH excluding ortho intramolecular Hbond substituents is 1. The highest BCUT2D eigenvalue weighted by Crippen LogP contribution is 2.51. The first-order valence-electron chi connectivity index (χ1n) is 12.2. The number of carbonyl (C=O) groups is 1. The molecule has 0 aliphatic heterocycles. The normalized spacial score (nSPS) is 11.2. The summed E-state index contributed by atoms with van der Waals surface area (Å²) in [5, 5.41) is 22.1. The largest absolute Gasteiger partial charge is 0.507 e. The van der Waals surface area contributed by atoms with E-state index in [1.165, 1.54) is 27.4 Å². The maximum atomic E-state index is 12.9. The molecule has 2 heterocycles. The van der Waals surface area contributed by atoms with Gasteiger partial charge in [0, 0.05) is 29.8 Å². The summed E-state index contributed by atoms with van der Waals surface area (Å²) in [6.07, 6.45) is 0.742. The van der Waals surface area contributed by atoms with Crippen LogP contribution in [0.5, 0.6) is 28.7 Å². The zero-order chi connectivity index (χ0) is 27.7. The number of aromatic hydroxyl groups is 1. The van der Waals surface area contributed by atoms with Gasteiger partial charge in [0.2, 0.25) is 5.75 Å². The van der Waals surface area contributed by atoms with Gasteiger partial charge in [-0.1, -0.05) is 13.0 Å². The predicted molar refractivity (Wildman–Crippen MR) is 148 cm³/mol. The quantitative estimate of drug-likeness (QED) is 0.230. The molecule has 0 amide bonds. The smallest absolute Gasteiger partial charge is 0.353 e. The van der Waals surface area contributed by atoms with E-state index >= 15 is 0 Å². The Balaban J connectivity index is 1.88. The van der Waals surface area contributed by atoms with Crippen molar-refractivity contribution in [3.05, 3.63) is 53.7 Å². The Bertz CT molecular complexity index is 1690. The number of ether oxygens (including phenoxy) is 4. The summed E-state index contributed by atoms with van der Waals surface area (Å²) in [5.74, 6) is 0.177. The van der Waals surface area contributed by atoms with Gasteiger partial charge in [-0.3, -0.25) is 0 Å². The fourth-order valence-electron chi connectivity index (χ4n) is 4.73. The number of aromatic carboxylic acids is 1. The first-order valence-corrected chi connectivity index (χ1v) is 12.9. The van der Waals surface area contributed by atoms with Crippen LogP contribution in [0.3, 0.4) is 0 Å². The van der Waals surface area contributed by atoms with E-state index in [0.29, 0.717) is 46.1 Å². The Labute approximate surface area is 228 Å². The third kappa shape index (κ3) is 4.54. The maximum absolute atomic E-state index is 12.9. The Kier molecular flexibility index (Phi) is 7.16. The van der Waals surface area contributed by atoms with Gasteiger partial charge in [-0.2, -0.15) is 8.75 Å². The van der Waals surface area contributed by atoms with E-state index in [9.17, 15) is 15.0 Å². The molecule has 0 saturated heterocycles. The zero-order valence-corrected chi connectivity index (χ0v) is 22.7. The van der Waals surface area contributed by atoms with Crippen molar-refractivity contribution in [1.82, 2.24) is 13.3 Å². The first-order chi connectivity index (χ1) is 18.9. The molecule has 0 bridgehead atoms. The highest BCUT2D eigenvalue weighted by atomic mass is 32.1. The van der Waals surface area contributed by atoms with Crippen molar-refractivity contribution in [3.63, 3.8) is 0 Å². The van der Waals surface area contributed by atoms with Gasteiger partial charge in [0.1, 0.15) is 28.2 Å². The minimum absolute atomic E-state index is 0.0324. The molecule has 11 heteroatoms. The van der Waals surface area contributed by atoms with E-state index in [-0.39, 0.29) is 23.6 Å². The number of aromatic nitrogens is 3. The summed E-state index contributed by atoms with van der Waals surface area (Å²) in [6.45, 7) is 2.57. The summed E-state index contributed by atoms with van der Waals surface area (Å²) >= 11 is 1.12. The van der Waals surface area contributed by atoms with Crippen LogP contribution < -0.4 is 18.9 Å². The molecule has 0 spiro atoms. The van der Waals surface area contributed by atoms with Crippen molar-refractivity contribution in [2.75, 3.05) is 27.9 Å². The second-order valence-corrected chi connectivity index (χ2v) is 9.30. The number of methoxy groups -OCH3 is 3. The molecule has 3 aromatic carbocycles. The molecule has 39 heavy (non-hydrogen) atoms. The molecule has 5 rings (SSSR count). The van der Waals surface area contributed by atoms with Crippen LogP contribution in [0, 0.1) is 0 Å². The van der Waals surface area contributed by atoms with Crippen LogP contribution in [0.2, 0.25) is 0 Å². The molecule has 10 nitrogen and oxygen atoms in total. The third-order valence-electron chi connectivity index (χ3n) is 6.44. The van der Waals surface area contributed by atoms with E-state index in [1.807, 2.05) is 25.1 Å². The minimum atomic E-state index is -1.18. The van der Waals surface area contributed by atoms with Crippen molar-refractivity contribution in [2.24, 2.45) is 0 Å². The van der Waals surface area contributed by atoms with E-state index in [1.54, 1.807) is 22.8 Å². The fraction of sp³-hybridized carbons (Fsp3) is 0.250. The van der Waals surface area contributed by atoms with Crippen molar-refractivity contribution in [2.45, 2.75) is 19.9 Å². The second-order valence-electron chi connectivity index (χ2n) is 8.77. The molecular weight excluding hydrogens is 522 g/mol. The van der Waals surface area contributed by atoms with Crippen LogP contribution in [-0.2, 0) is 6.54 Å². The molecule has 0 aliphatic carbocycles. The van der Waals surface area contributed by atoms with Crippen LogP contribution in [0.25, 0.3) is 33.1 Å². The Morgan fingerprint density at radius 1 is 0.974 bits per heavy atom. The highest BCUT2D eigenvalue weighted by molar-refractivity contribution is 7.00. The molecular formula is C28H27N3O7S. The number of fused-ring (bicyclic) bond motifs is 2. The molecule has 5 aromatic rings. The number of nitrogens with zero attached hydrogens (tertiary/aromatic N) is 3. The second kappa shape index (κ2) is 10.7. The summed E-state index contributed by atoms with van der Waals surface area (Å²) in [7, 11) is 4.50. The third-order valence-corrected chi connectivity index (χ3v) is 7.00. The van der Waals surface area contributed by atoms with Gasteiger partial charge < -0.3 is 33.7 Å². The SMILES string of the molecule is CCCOc1c(OC)cc2c(c1OC)c(-c1ccc(OC)cc1O)c(C(=O)O)n2Cc1ccc2nsnc2c1. The fourth-order valence-corrected chi connectivity index (χ4v) is 5.24. The summed E-state index contributed by atoms with van der Waals surface area (Å²) in [5.41, 5.74) is 3.41. The van der Waals surface area contributed by atoms with Crippen LogP contribution >= 0.6 is 11.7 Å². The van der Waals surface area contributed by atoms with Crippen LogP contribution in [0.4, 0.5) is 0 Å². The number of phenols is 1. The first kappa shape index (κ1) is 26.1. The van der Waals surface area contributed by atoms with Gasteiger partial charge >= 0.3 is 5.97 Å². The topological polar surface area (TPSA) is 125 Å². The molecule has 0 aliphatic rings. The van der Waals surface area contributed by atoms with E-state index in [2.05, 4.69) is 8.75 Å². The van der Waals surface area contributed by atoms with E-state index in [4.69, 9.17) is 18.9 Å². The monoisotopic (exact) mass is 549 g/mol. The maximum Gasteiger partial charge on any atom is 0.353 e. The molecule has 202 valence electrons. The predicted octanol–water partition coefficient (Wildman–Crippen LogP) is 5.58. The van der Waals surface area contributed by atoms with Gasteiger partial charge in [0.05, 0.1) is 50.6 Å². The van der Waals surface area contributed by atoms with Gasteiger partial charge in [-0.05, 0) is 36.2 Å². The molecule has 0 unspecified atom stereocenters. The zero-order valence-electron chi connectivity index (χ0n) is 21.8. The van der Waals surface area contributed by atoms with Crippen molar-refractivity contribution < 1.29 is 34.0 Å². The lowest BCUT2D eigenvalue weighted by Gasteiger charge is -2.17. The molecule has 0 fully saturated rings. The summed E-state index contributed by atoms with van der Waals surface area (Å²) in [6, 6.07) is 12.1. The van der Waals surface area contributed by atoms with Crippen LogP contribution in [0.1, 0.15) is 29.4 Å². The van der Waals surface area contributed by atoms with Crippen molar-refractivity contribution >= 4 is 39.6 Å². The van der Waals surface area contributed by atoms with Gasteiger partial charge in [-0.15, -0.1) is 0 Å².